The molecule has 6 amide bonds. The van der Waals surface area contributed by atoms with Gasteiger partial charge >= 0.3 is 18.3 Å². The van der Waals surface area contributed by atoms with Crippen molar-refractivity contribution in [2.24, 2.45) is 11.3 Å². The Morgan fingerprint density at radius 3 is 1.10 bits per heavy atom. The number of nitrogens with one attached hydrogen (secondary N) is 6. The Hall–Kier alpha value is -7.02. The summed E-state index contributed by atoms with van der Waals surface area (Å²) in [7, 11) is 0. The van der Waals surface area contributed by atoms with Gasteiger partial charge in [-0.1, -0.05) is 40.5 Å². The molecule has 3 aromatic rings. The quantitative estimate of drug-likeness (QED) is 0.0321. The van der Waals surface area contributed by atoms with Gasteiger partial charge in [0.1, 0.15) is 17.2 Å². The lowest BCUT2D eigenvalue weighted by molar-refractivity contribution is -0.130. The Labute approximate surface area is 494 Å². The number of hydrogen-bond donors (Lipinski definition) is 6. The van der Waals surface area contributed by atoms with Crippen LogP contribution in [0.3, 0.4) is 0 Å². The summed E-state index contributed by atoms with van der Waals surface area (Å²) in [6.07, 6.45) is 2.18. The van der Waals surface area contributed by atoms with Crippen LogP contribution >= 0.6 is 0 Å². The van der Waals surface area contributed by atoms with Gasteiger partial charge in [0.15, 0.2) is 0 Å². The normalized spacial score (nSPS) is 13.5. The van der Waals surface area contributed by atoms with E-state index in [1.807, 2.05) is 41.5 Å². The van der Waals surface area contributed by atoms with E-state index in [1.54, 1.807) is 93.6 Å². The van der Waals surface area contributed by atoms with Crippen molar-refractivity contribution < 1.29 is 57.2 Å². The monoisotopic (exact) mass is 1150 g/mol. The van der Waals surface area contributed by atoms with Gasteiger partial charge in [-0.25, -0.2) is 14.4 Å². The first-order valence-electron chi connectivity index (χ1n) is 28.4. The fourth-order valence-corrected chi connectivity index (χ4v) is 9.80. The highest BCUT2D eigenvalue weighted by molar-refractivity contribution is 6.04. The van der Waals surface area contributed by atoms with E-state index in [2.05, 4.69) is 107 Å². The minimum atomic E-state index is -0.864. The number of hydrogen-bond acceptors (Lipinski definition) is 12. The minimum Gasteiger partial charge on any atom is -0.410 e. The van der Waals surface area contributed by atoms with Gasteiger partial charge in [0.25, 0.3) is 17.7 Å². The molecule has 2 atom stereocenters. The molecule has 0 saturated carbocycles. The Morgan fingerprint density at radius 1 is 0.458 bits per heavy atom. The molecule has 6 N–H and O–H groups in total. The number of amides is 6. The molecule has 0 radical (unpaired) electrons. The van der Waals surface area contributed by atoms with Crippen molar-refractivity contribution in [3.63, 3.8) is 0 Å². The van der Waals surface area contributed by atoms with E-state index in [4.69, 9.17) is 28.4 Å². The first-order valence-corrected chi connectivity index (χ1v) is 28.4. The first-order chi connectivity index (χ1) is 38.2. The average molecular weight is 1150 g/mol. The fourth-order valence-electron chi connectivity index (χ4n) is 9.80. The molecule has 0 aromatic heterocycles. The van der Waals surface area contributed by atoms with Crippen LogP contribution in [0, 0.1) is 11.3 Å². The highest BCUT2D eigenvalue weighted by Gasteiger charge is 2.46. The second kappa shape index (κ2) is 30.0. The van der Waals surface area contributed by atoms with Gasteiger partial charge in [-0.05, 0) is 226 Å². The summed E-state index contributed by atoms with van der Waals surface area (Å²) in [6, 6.07) is 19.4. The Kier molecular flexibility index (Phi) is 25.4. The summed E-state index contributed by atoms with van der Waals surface area (Å²) >= 11 is 0. The first kappa shape index (κ1) is 70.2. The predicted octanol–water partition coefficient (Wildman–Crippen LogP) is 14.0. The third-order valence-corrected chi connectivity index (χ3v) is 13.6. The second-order valence-electron chi connectivity index (χ2n) is 25.9. The number of carbonyl (C=O) groups is 6. The van der Waals surface area contributed by atoms with E-state index in [0.717, 1.165) is 6.42 Å². The van der Waals surface area contributed by atoms with Crippen LogP contribution in [0.5, 0.6) is 17.2 Å². The molecule has 458 valence electrons. The van der Waals surface area contributed by atoms with Crippen molar-refractivity contribution in [1.82, 2.24) is 16.0 Å². The molecule has 18 nitrogen and oxygen atoms in total. The van der Waals surface area contributed by atoms with E-state index >= 15 is 0 Å². The van der Waals surface area contributed by atoms with Gasteiger partial charge in [0.2, 0.25) is 0 Å². The van der Waals surface area contributed by atoms with Crippen LogP contribution in [-0.4, -0.2) is 89.2 Å². The van der Waals surface area contributed by atoms with E-state index in [9.17, 15) is 28.8 Å². The standard InChI is InChI=1S/C65H96N6O12/c1-21-64(20,71-58(77)83-52-32-26-49(27-33-52)68-55(74)46(8)9)35-37-79-62(16,17)40-65(38-43(2)3,41-63(18,19)80-42-60(12,13)70-57(76)82-51-30-24-48(25-31-51)67-54(73)45(6)7)39-61(14,15)78-36-34-59(10,11)69-56(75)81-50-28-22-47(23-29-50)66-53(72)44(4)5/h22-33,43H,4,6,8,21,34-42H2,1-3,5,7,9-20H3,(H,66,72)(H,67,73)(H,68,74)(H,69,75)(H,70,76)(H,71,77). The lowest BCUT2D eigenvalue weighted by Crippen LogP contribution is -2.51. The van der Waals surface area contributed by atoms with Gasteiger partial charge < -0.3 is 60.3 Å². The van der Waals surface area contributed by atoms with Crippen molar-refractivity contribution in [3.8, 4) is 17.2 Å². The zero-order chi connectivity index (χ0) is 62.8. The molecule has 83 heavy (non-hydrogen) atoms. The predicted molar refractivity (Wildman–Crippen MR) is 329 cm³/mol. The van der Waals surface area contributed by atoms with E-state index in [0.29, 0.717) is 103 Å². The number of rotatable bonds is 32. The highest BCUT2D eigenvalue weighted by Crippen LogP contribution is 2.49. The molecule has 2 unspecified atom stereocenters. The largest absolute Gasteiger partial charge is 0.413 e. The van der Waals surface area contributed by atoms with E-state index < -0.39 is 57.1 Å². The summed E-state index contributed by atoms with van der Waals surface area (Å²) in [4.78, 5) is 75.9. The molecular weight excluding hydrogens is 1060 g/mol. The van der Waals surface area contributed by atoms with Crippen LogP contribution in [0.15, 0.2) is 109 Å². The topological polar surface area (TPSA) is 230 Å². The minimum absolute atomic E-state index is 0.145. The maximum atomic E-state index is 13.3. The highest BCUT2D eigenvalue weighted by atomic mass is 16.6. The van der Waals surface area contributed by atoms with Gasteiger partial charge in [-0.3, -0.25) is 14.4 Å². The van der Waals surface area contributed by atoms with Crippen molar-refractivity contribution in [1.29, 1.82) is 0 Å². The molecule has 0 saturated heterocycles. The summed E-state index contributed by atoms with van der Waals surface area (Å²) < 4.78 is 37.4. The van der Waals surface area contributed by atoms with Crippen LogP contribution in [-0.2, 0) is 28.6 Å². The van der Waals surface area contributed by atoms with E-state index in [-0.39, 0.29) is 30.2 Å². The molecular formula is C65H96N6O12. The fraction of sp³-hybridized carbons (Fsp3) is 0.538. The van der Waals surface area contributed by atoms with Gasteiger partial charge in [-0.2, -0.15) is 0 Å². The van der Waals surface area contributed by atoms with Gasteiger partial charge in [-0.15, -0.1) is 0 Å². The number of ether oxygens (including phenoxy) is 6. The molecule has 0 aliphatic carbocycles. The third-order valence-electron chi connectivity index (χ3n) is 13.6. The van der Waals surface area contributed by atoms with Crippen molar-refractivity contribution >= 4 is 53.1 Å². The van der Waals surface area contributed by atoms with Crippen LogP contribution in [0.2, 0.25) is 0 Å². The molecule has 3 aromatic carbocycles. The SMILES string of the molecule is C=C(C)C(=O)Nc1ccc(OC(=O)NC(C)(C)CCOC(C)(C)CC(CC(C)C)(CC(C)(C)OCCC(C)(CC)NC(=O)Oc2ccc(NC(=O)C(=C)C)cc2)CC(C)(C)OCC(C)(C)NC(=O)Oc2ccc(NC(=O)C(=C)C)cc2)cc1. The summed E-state index contributed by atoms with van der Waals surface area (Å²) in [5, 5.41) is 17.2. The summed E-state index contributed by atoms with van der Waals surface area (Å²) in [5.74, 6) is 0.230. The molecule has 0 spiro atoms. The third kappa shape index (κ3) is 26.4. The van der Waals surface area contributed by atoms with Crippen LogP contribution in [0.1, 0.15) is 163 Å². The maximum absolute atomic E-state index is 13.3. The van der Waals surface area contributed by atoms with Gasteiger partial charge in [0.05, 0.1) is 28.9 Å². The second-order valence-corrected chi connectivity index (χ2v) is 25.9. The van der Waals surface area contributed by atoms with Crippen LogP contribution < -0.4 is 46.1 Å². The number of benzene rings is 3. The van der Waals surface area contributed by atoms with Crippen molar-refractivity contribution in [3.05, 3.63) is 109 Å². The maximum Gasteiger partial charge on any atom is 0.413 e. The zero-order valence-corrected chi connectivity index (χ0v) is 52.6. The van der Waals surface area contributed by atoms with Crippen molar-refractivity contribution in [2.75, 3.05) is 35.8 Å². The number of anilines is 3. The molecule has 18 heteroatoms. The summed E-state index contributed by atoms with van der Waals surface area (Å²) in [5.41, 5.74) is -2.14. The van der Waals surface area contributed by atoms with E-state index in [1.165, 1.54) is 0 Å². The van der Waals surface area contributed by atoms with Crippen LogP contribution in [0.25, 0.3) is 0 Å². The molecule has 0 fully saturated rings. The molecule has 0 aliphatic heterocycles. The Balaban J connectivity index is 1.81. The van der Waals surface area contributed by atoms with Crippen LogP contribution in [0.4, 0.5) is 31.4 Å². The van der Waals surface area contributed by atoms with Crippen molar-refractivity contribution in [2.45, 2.75) is 196 Å². The molecule has 0 bridgehead atoms. The smallest absolute Gasteiger partial charge is 0.410 e. The lowest BCUT2D eigenvalue weighted by Gasteiger charge is -2.49. The Bertz CT molecular complexity index is 2730. The molecule has 3 rings (SSSR count). The zero-order valence-electron chi connectivity index (χ0n) is 52.6. The lowest BCUT2D eigenvalue weighted by atomic mass is 9.63. The summed E-state index contributed by atoms with van der Waals surface area (Å²) in [6.45, 7) is 44.9. The Morgan fingerprint density at radius 2 is 0.771 bits per heavy atom. The molecule has 0 heterocycles. The average Bonchev–Trinajstić information content (AvgIpc) is 3.56. The molecule has 0 aliphatic rings. The van der Waals surface area contributed by atoms with Gasteiger partial charge in [0, 0.05) is 58.1 Å². The number of carbonyl (C=O) groups excluding carboxylic acids is 6.